The highest BCUT2D eigenvalue weighted by Gasteiger charge is 2.09. The first-order valence-electron chi connectivity index (χ1n) is 9.78. The number of carbonyl (C=O) groups excluding carboxylic acids is 1. The van der Waals surface area contributed by atoms with E-state index in [0.29, 0.717) is 17.2 Å². The Morgan fingerprint density at radius 3 is 2.63 bits per heavy atom. The number of aryl methyl sites for hydroxylation is 1. The molecule has 4 rings (SSSR count). The molecular weight excluding hydrogens is 376 g/mol. The van der Waals surface area contributed by atoms with Crippen molar-refractivity contribution < 1.29 is 9.53 Å². The first-order valence-corrected chi connectivity index (χ1v) is 9.78. The smallest absolute Gasteiger partial charge is 0.269 e. The van der Waals surface area contributed by atoms with E-state index in [-0.39, 0.29) is 5.91 Å². The summed E-state index contributed by atoms with van der Waals surface area (Å²) in [5.41, 5.74) is 3.40. The molecule has 2 heterocycles. The average molecular weight is 398 g/mol. The molecule has 30 heavy (non-hydrogen) atoms. The second-order valence-corrected chi connectivity index (χ2v) is 6.75. The second-order valence-electron chi connectivity index (χ2n) is 6.75. The van der Waals surface area contributed by atoms with Gasteiger partial charge in [-0.2, -0.15) is 0 Å². The van der Waals surface area contributed by atoms with Gasteiger partial charge >= 0.3 is 0 Å². The van der Waals surface area contributed by atoms with Crippen LogP contribution in [0.2, 0.25) is 0 Å². The van der Waals surface area contributed by atoms with Crippen molar-refractivity contribution >= 4 is 28.3 Å². The molecule has 0 aliphatic rings. The number of nitrogens with zero attached hydrogens (tertiary/aromatic N) is 2. The Balaban J connectivity index is 1.59. The number of benzene rings is 2. The summed E-state index contributed by atoms with van der Waals surface area (Å²) in [4.78, 5) is 20.6. The number of fused-ring (bicyclic) bond motifs is 1. The van der Waals surface area contributed by atoms with Crippen molar-refractivity contribution in [3.8, 4) is 11.5 Å². The van der Waals surface area contributed by atoms with Crippen molar-refractivity contribution in [2.24, 2.45) is 0 Å². The van der Waals surface area contributed by atoms with Crippen LogP contribution < -0.4 is 15.4 Å². The molecule has 0 radical (unpaired) electrons. The number of hydrogen-bond donors (Lipinski definition) is 2. The van der Waals surface area contributed by atoms with Gasteiger partial charge in [-0.25, -0.2) is 4.98 Å². The van der Waals surface area contributed by atoms with Gasteiger partial charge in [0.2, 0.25) is 0 Å². The van der Waals surface area contributed by atoms with Crippen molar-refractivity contribution in [2.45, 2.75) is 13.3 Å². The molecule has 1 amide bonds. The van der Waals surface area contributed by atoms with Gasteiger partial charge in [0.05, 0.1) is 5.52 Å². The Morgan fingerprint density at radius 2 is 1.87 bits per heavy atom. The van der Waals surface area contributed by atoms with Gasteiger partial charge < -0.3 is 15.4 Å². The van der Waals surface area contributed by atoms with Crippen LogP contribution >= 0.6 is 0 Å². The minimum absolute atomic E-state index is 0.261. The Morgan fingerprint density at radius 1 is 1.03 bits per heavy atom. The number of hydrogen-bond acceptors (Lipinski definition) is 5. The fraction of sp³-hybridized carbons (Fsp3) is 0.125. The van der Waals surface area contributed by atoms with Crippen LogP contribution in [0.5, 0.6) is 11.5 Å². The van der Waals surface area contributed by atoms with Crippen molar-refractivity contribution in [1.29, 1.82) is 0 Å². The molecule has 4 aromatic rings. The van der Waals surface area contributed by atoms with E-state index in [1.54, 1.807) is 25.4 Å². The van der Waals surface area contributed by atoms with Gasteiger partial charge in [0, 0.05) is 30.4 Å². The van der Waals surface area contributed by atoms with Gasteiger partial charge in [-0.3, -0.25) is 9.78 Å². The van der Waals surface area contributed by atoms with Gasteiger partial charge in [-0.05, 0) is 54.4 Å². The maximum Gasteiger partial charge on any atom is 0.269 e. The number of amides is 1. The third-order valence-electron chi connectivity index (χ3n) is 4.75. The normalized spacial score (nSPS) is 10.6. The highest BCUT2D eigenvalue weighted by atomic mass is 16.5. The SMILES string of the molecule is CCc1ccc(Nc2ccc3c(Oc4ccnc(C(=O)NC)c4)cccc3n2)cc1. The monoisotopic (exact) mass is 398 g/mol. The van der Waals surface area contributed by atoms with E-state index in [4.69, 9.17) is 9.72 Å². The van der Waals surface area contributed by atoms with E-state index in [9.17, 15) is 4.79 Å². The standard InChI is InChI=1S/C24H22N4O2/c1-3-16-7-9-17(10-8-16)27-23-12-11-19-20(28-23)5-4-6-22(19)30-18-13-14-26-21(15-18)24(29)25-2/h4-15H,3H2,1-2H3,(H,25,29)(H,27,28). The van der Waals surface area contributed by atoms with Crippen LogP contribution in [0.4, 0.5) is 11.5 Å². The number of pyridine rings is 2. The molecule has 2 aromatic carbocycles. The van der Waals surface area contributed by atoms with Gasteiger partial charge in [-0.15, -0.1) is 0 Å². The molecule has 0 unspecified atom stereocenters. The van der Waals surface area contributed by atoms with Gasteiger partial charge in [0.15, 0.2) is 0 Å². The second kappa shape index (κ2) is 8.61. The minimum atomic E-state index is -0.261. The summed E-state index contributed by atoms with van der Waals surface area (Å²) >= 11 is 0. The number of aromatic nitrogens is 2. The molecule has 6 heteroatoms. The van der Waals surface area contributed by atoms with Crippen LogP contribution in [-0.2, 0) is 6.42 Å². The highest BCUT2D eigenvalue weighted by molar-refractivity contribution is 5.92. The number of ether oxygens (including phenoxy) is 1. The summed E-state index contributed by atoms with van der Waals surface area (Å²) in [6, 6.07) is 21.3. The van der Waals surface area contributed by atoms with Crippen molar-refractivity contribution in [1.82, 2.24) is 15.3 Å². The van der Waals surface area contributed by atoms with Crippen molar-refractivity contribution in [2.75, 3.05) is 12.4 Å². The van der Waals surface area contributed by atoms with E-state index >= 15 is 0 Å². The van der Waals surface area contributed by atoms with Gasteiger partial charge in [-0.1, -0.05) is 25.1 Å². The average Bonchev–Trinajstić information content (AvgIpc) is 2.79. The van der Waals surface area contributed by atoms with Gasteiger partial charge in [0.25, 0.3) is 5.91 Å². The lowest BCUT2D eigenvalue weighted by Crippen LogP contribution is -2.18. The molecule has 150 valence electrons. The number of carbonyl (C=O) groups is 1. The van der Waals surface area contributed by atoms with Crippen LogP contribution in [0.25, 0.3) is 10.9 Å². The van der Waals surface area contributed by atoms with Crippen LogP contribution in [0.1, 0.15) is 23.0 Å². The van der Waals surface area contributed by atoms with Crippen LogP contribution in [0.3, 0.4) is 0 Å². The maximum absolute atomic E-state index is 11.8. The summed E-state index contributed by atoms with van der Waals surface area (Å²) in [6.07, 6.45) is 2.56. The molecule has 0 saturated carbocycles. The number of anilines is 2. The molecule has 6 nitrogen and oxygen atoms in total. The Bertz CT molecular complexity index is 1190. The number of rotatable bonds is 6. The number of nitrogens with one attached hydrogen (secondary N) is 2. The fourth-order valence-corrected chi connectivity index (χ4v) is 3.11. The molecule has 0 bridgehead atoms. The van der Waals surface area contributed by atoms with E-state index in [2.05, 4.69) is 46.8 Å². The Hall–Kier alpha value is -3.93. The maximum atomic E-state index is 11.8. The van der Waals surface area contributed by atoms with E-state index < -0.39 is 0 Å². The lowest BCUT2D eigenvalue weighted by molar-refractivity contribution is 0.0958. The predicted octanol–water partition coefficient (Wildman–Crippen LogP) is 5.09. The summed E-state index contributed by atoms with van der Waals surface area (Å²) in [5.74, 6) is 1.69. The molecule has 0 atom stereocenters. The molecule has 0 aliphatic carbocycles. The summed E-state index contributed by atoms with van der Waals surface area (Å²) in [7, 11) is 1.57. The third kappa shape index (κ3) is 4.22. The highest BCUT2D eigenvalue weighted by Crippen LogP contribution is 2.30. The van der Waals surface area contributed by atoms with E-state index in [1.165, 1.54) is 5.56 Å². The van der Waals surface area contributed by atoms with Crippen LogP contribution in [-0.4, -0.2) is 22.9 Å². The lowest BCUT2D eigenvalue weighted by Gasteiger charge is -2.11. The fourth-order valence-electron chi connectivity index (χ4n) is 3.11. The van der Waals surface area contributed by atoms with E-state index in [0.717, 1.165) is 28.8 Å². The topological polar surface area (TPSA) is 76.1 Å². The van der Waals surface area contributed by atoms with Crippen molar-refractivity contribution in [3.05, 3.63) is 84.2 Å². The zero-order valence-electron chi connectivity index (χ0n) is 16.8. The van der Waals surface area contributed by atoms with Gasteiger partial charge in [0.1, 0.15) is 23.0 Å². The van der Waals surface area contributed by atoms with Crippen LogP contribution in [0, 0.1) is 0 Å². The summed E-state index contributed by atoms with van der Waals surface area (Å²) in [6.45, 7) is 2.14. The molecular formula is C24H22N4O2. The first-order chi connectivity index (χ1) is 14.7. The Kier molecular flexibility index (Phi) is 5.57. The molecule has 0 spiro atoms. The van der Waals surface area contributed by atoms with E-state index in [1.807, 2.05) is 30.3 Å². The molecule has 2 aromatic heterocycles. The molecule has 0 aliphatic heterocycles. The quantitative estimate of drug-likeness (QED) is 0.473. The third-order valence-corrected chi connectivity index (χ3v) is 4.75. The molecule has 0 saturated heterocycles. The zero-order valence-corrected chi connectivity index (χ0v) is 16.8. The lowest BCUT2D eigenvalue weighted by atomic mass is 10.1. The first kappa shape index (κ1) is 19.4. The zero-order chi connectivity index (χ0) is 20.9. The summed E-state index contributed by atoms with van der Waals surface area (Å²) in [5, 5.41) is 6.78. The minimum Gasteiger partial charge on any atom is -0.457 e. The van der Waals surface area contributed by atoms with Crippen molar-refractivity contribution in [3.63, 3.8) is 0 Å². The Labute approximate surface area is 175 Å². The largest absolute Gasteiger partial charge is 0.457 e. The summed E-state index contributed by atoms with van der Waals surface area (Å²) < 4.78 is 6.03. The molecule has 2 N–H and O–H groups in total. The molecule has 0 fully saturated rings. The van der Waals surface area contributed by atoms with Crippen LogP contribution in [0.15, 0.2) is 72.9 Å². The predicted molar refractivity (Wildman–Crippen MR) is 119 cm³/mol.